The number of aryl methyl sites for hydroxylation is 1. The zero-order valence-corrected chi connectivity index (χ0v) is 7.84. The summed E-state index contributed by atoms with van der Waals surface area (Å²) in [7, 11) is 0. The lowest BCUT2D eigenvalue weighted by molar-refractivity contribution is -0.211. The Morgan fingerprint density at radius 2 is 2.13 bits per heavy atom. The molecule has 0 radical (unpaired) electrons. The normalized spacial score (nSPS) is 24.6. The van der Waals surface area contributed by atoms with E-state index in [0.29, 0.717) is 17.5 Å². The van der Waals surface area contributed by atoms with Crippen LogP contribution in [0.25, 0.3) is 0 Å². The second-order valence-electron chi connectivity index (χ2n) is 3.57. The molecule has 0 saturated heterocycles. The van der Waals surface area contributed by atoms with Crippen LogP contribution in [0.1, 0.15) is 17.5 Å². The molecule has 1 unspecified atom stereocenters. The van der Waals surface area contributed by atoms with E-state index < -0.39 is 18.2 Å². The first kappa shape index (κ1) is 10.4. The molecule has 2 nitrogen and oxygen atoms in total. The minimum Gasteiger partial charge on any atom is -0.299 e. The first-order valence-electron chi connectivity index (χ1n) is 4.55. The van der Waals surface area contributed by atoms with Crippen molar-refractivity contribution < 1.29 is 17.9 Å². The lowest BCUT2D eigenvalue weighted by Crippen LogP contribution is -2.38. The second-order valence-corrected chi connectivity index (χ2v) is 3.57. The van der Waals surface area contributed by atoms with Gasteiger partial charge in [0.2, 0.25) is 0 Å². The van der Waals surface area contributed by atoms with Crippen molar-refractivity contribution in [1.82, 2.24) is 0 Å². The van der Waals surface area contributed by atoms with Gasteiger partial charge in [-0.05, 0) is 30.5 Å². The Balaban J connectivity index is 2.35. The zero-order valence-electron chi connectivity index (χ0n) is 7.84. The van der Waals surface area contributed by atoms with Crippen LogP contribution in [0.4, 0.5) is 13.2 Å². The summed E-state index contributed by atoms with van der Waals surface area (Å²) in [5.41, 5.74) is 5.31. The highest BCUT2D eigenvalue weighted by atomic mass is 19.3. The van der Waals surface area contributed by atoms with E-state index in [4.69, 9.17) is 5.73 Å². The average molecular weight is 217 g/mol. The minimum atomic E-state index is -2.92. The molecule has 1 atom stereocenters. The number of halogens is 3. The van der Waals surface area contributed by atoms with Crippen LogP contribution < -0.4 is 5.73 Å². The molecule has 0 aliphatic heterocycles. The molecule has 0 spiro atoms. The van der Waals surface area contributed by atoms with Gasteiger partial charge in [0.05, 0.1) is 0 Å². The highest BCUT2D eigenvalue weighted by molar-refractivity contribution is 5.36. The highest BCUT2D eigenvalue weighted by Gasteiger charge is 2.38. The smallest absolute Gasteiger partial charge is 0.299 e. The van der Waals surface area contributed by atoms with Gasteiger partial charge in [0.15, 0.2) is 0 Å². The summed E-state index contributed by atoms with van der Waals surface area (Å²) in [6.45, 7) is -2.92. The maximum Gasteiger partial charge on any atom is 0.347 e. The monoisotopic (exact) mass is 217 g/mol. The Hall–Kier alpha value is -1.07. The molecule has 1 aromatic carbocycles. The van der Waals surface area contributed by atoms with Crippen LogP contribution in [0, 0.1) is 5.82 Å². The fraction of sp³-hybridized carbons (Fsp3) is 0.400. The molecular formula is C10H10F3NO. The molecule has 0 fully saturated rings. The van der Waals surface area contributed by atoms with Crippen molar-refractivity contribution in [3.05, 3.63) is 35.1 Å². The number of fused-ring (bicyclic) bond motifs is 1. The highest BCUT2D eigenvalue weighted by Crippen LogP contribution is 2.37. The van der Waals surface area contributed by atoms with Crippen LogP contribution >= 0.6 is 0 Å². The van der Waals surface area contributed by atoms with Crippen LogP contribution in [-0.2, 0) is 16.9 Å². The molecule has 2 rings (SSSR count). The largest absolute Gasteiger partial charge is 0.347 e. The van der Waals surface area contributed by atoms with E-state index >= 15 is 0 Å². The predicted octanol–water partition coefficient (Wildman–Crippen LogP) is 2.12. The van der Waals surface area contributed by atoms with E-state index in [1.165, 1.54) is 18.2 Å². The molecule has 5 heteroatoms. The fourth-order valence-corrected chi connectivity index (χ4v) is 1.92. The van der Waals surface area contributed by atoms with Crippen molar-refractivity contribution in [2.24, 2.45) is 5.73 Å². The second kappa shape index (κ2) is 3.50. The van der Waals surface area contributed by atoms with Crippen molar-refractivity contribution in [1.29, 1.82) is 0 Å². The lowest BCUT2D eigenvalue weighted by Gasteiger charge is -2.25. The molecule has 15 heavy (non-hydrogen) atoms. The summed E-state index contributed by atoms with van der Waals surface area (Å²) in [6.07, 6.45) is 0.701. The van der Waals surface area contributed by atoms with E-state index in [1.807, 2.05) is 0 Å². The molecule has 1 aliphatic carbocycles. The van der Waals surface area contributed by atoms with Crippen LogP contribution in [0.2, 0.25) is 0 Å². The number of ether oxygens (including phenoxy) is 1. The first-order valence-corrected chi connectivity index (χ1v) is 4.55. The Morgan fingerprint density at radius 3 is 2.80 bits per heavy atom. The van der Waals surface area contributed by atoms with E-state index in [2.05, 4.69) is 4.74 Å². The van der Waals surface area contributed by atoms with Gasteiger partial charge in [0.1, 0.15) is 11.5 Å². The summed E-state index contributed by atoms with van der Waals surface area (Å²) in [4.78, 5) is 0. The fourth-order valence-electron chi connectivity index (χ4n) is 1.92. The van der Waals surface area contributed by atoms with E-state index in [-0.39, 0.29) is 6.42 Å². The van der Waals surface area contributed by atoms with Gasteiger partial charge in [0, 0.05) is 5.56 Å². The standard InChI is InChI=1S/C10H10F3NO/c11-7-1-2-8-6(5-7)3-4-10(8,14)15-9(12)13/h1-2,5,9H,3-4,14H2. The number of alkyl halides is 2. The van der Waals surface area contributed by atoms with E-state index in [1.54, 1.807) is 0 Å². The Morgan fingerprint density at radius 1 is 1.40 bits per heavy atom. The Bertz CT molecular complexity index is 383. The molecule has 1 aliphatic rings. The number of nitrogens with two attached hydrogens (primary N) is 1. The third kappa shape index (κ3) is 1.85. The molecular weight excluding hydrogens is 207 g/mol. The number of rotatable bonds is 2. The van der Waals surface area contributed by atoms with Gasteiger partial charge in [-0.15, -0.1) is 0 Å². The molecule has 0 amide bonds. The Labute approximate surface area is 84.8 Å². The Kier molecular flexibility index (Phi) is 2.44. The van der Waals surface area contributed by atoms with Crippen molar-refractivity contribution in [3.63, 3.8) is 0 Å². The van der Waals surface area contributed by atoms with E-state index in [0.717, 1.165) is 0 Å². The molecule has 0 aromatic heterocycles. The van der Waals surface area contributed by atoms with Crippen LogP contribution in [-0.4, -0.2) is 6.61 Å². The SMILES string of the molecule is NC1(OC(F)F)CCc2cc(F)ccc21. The van der Waals surface area contributed by atoms with Crippen molar-refractivity contribution in [2.75, 3.05) is 0 Å². The average Bonchev–Trinajstić information content (AvgIpc) is 2.42. The maximum atomic E-state index is 12.8. The van der Waals surface area contributed by atoms with Crippen molar-refractivity contribution in [2.45, 2.75) is 25.2 Å². The van der Waals surface area contributed by atoms with Gasteiger partial charge < -0.3 is 0 Å². The van der Waals surface area contributed by atoms with Crippen molar-refractivity contribution >= 4 is 0 Å². The zero-order chi connectivity index (χ0) is 11.1. The summed E-state index contributed by atoms with van der Waals surface area (Å²) in [6, 6.07) is 3.90. The van der Waals surface area contributed by atoms with Crippen LogP contribution in [0.5, 0.6) is 0 Å². The van der Waals surface area contributed by atoms with Gasteiger partial charge in [-0.2, -0.15) is 8.78 Å². The topological polar surface area (TPSA) is 35.2 Å². The van der Waals surface area contributed by atoms with Gasteiger partial charge in [-0.25, -0.2) is 4.39 Å². The number of benzene rings is 1. The molecule has 2 N–H and O–H groups in total. The van der Waals surface area contributed by atoms with Crippen LogP contribution in [0.3, 0.4) is 0 Å². The van der Waals surface area contributed by atoms with Gasteiger partial charge in [-0.1, -0.05) is 6.07 Å². The first-order chi connectivity index (χ1) is 7.01. The van der Waals surface area contributed by atoms with Crippen LogP contribution in [0.15, 0.2) is 18.2 Å². The molecule has 0 heterocycles. The maximum absolute atomic E-state index is 12.8. The van der Waals surface area contributed by atoms with Gasteiger partial charge in [0.25, 0.3) is 0 Å². The molecule has 82 valence electrons. The lowest BCUT2D eigenvalue weighted by atomic mass is 10.1. The quantitative estimate of drug-likeness (QED) is 0.770. The number of hydrogen-bond acceptors (Lipinski definition) is 2. The van der Waals surface area contributed by atoms with Gasteiger partial charge in [-0.3, -0.25) is 10.5 Å². The molecule has 1 aromatic rings. The predicted molar refractivity (Wildman–Crippen MR) is 47.7 cm³/mol. The van der Waals surface area contributed by atoms with Gasteiger partial charge >= 0.3 is 6.61 Å². The minimum absolute atomic E-state index is 0.246. The summed E-state index contributed by atoms with van der Waals surface area (Å²) < 4.78 is 41.5. The van der Waals surface area contributed by atoms with Crippen molar-refractivity contribution in [3.8, 4) is 0 Å². The molecule has 0 saturated carbocycles. The molecule has 0 bridgehead atoms. The summed E-state index contributed by atoms with van der Waals surface area (Å²) in [5.74, 6) is -0.393. The third-order valence-corrected chi connectivity index (χ3v) is 2.59. The number of hydrogen-bond donors (Lipinski definition) is 1. The van der Waals surface area contributed by atoms with E-state index in [9.17, 15) is 13.2 Å². The summed E-state index contributed by atoms with van der Waals surface area (Å²) >= 11 is 0. The third-order valence-electron chi connectivity index (χ3n) is 2.59. The summed E-state index contributed by atoms with van der Waals surface area (Å²) in [5, 5.41) is 0.